The van der Waals surface area contributed by atoms with Crippen molar-refractivity contribution in [2.45, 2.75) is 30.7 Å². The van der Waals surface area contributed by atoms with Crippen molar-refractivity contribution in [3.05, 3.63) is 29.8 Å². The molecular formula is C15H23N3O3S. The van der Waals surface area contributed by atoms with Crippen LogP contribution in [0.15, 0.2) is 29.2 Å². The third-order valence-corrected chi connectivity index (χ3v) is 5.41. The van der Waals surface area contributed by atoms with Gasteiger partial charge in [-0.3, -0.25) is 9.69 Å². The average molecular weight is 325 g/mol. The van der Waals surface area contributed by atoms with Gasteiger partial charge in [0.25, 0.3) is 5.91 Å². The molecule has 0 saturated carbocycles. The molecule has 0 radical (unpaired) electrons. The zero-order valence-electron chi connectivity index (χ0n) is 13.0. The van der Waals surface area contributed by atoms with Gasteiger partial charge in [-0.2, -0.15) is 0 Å². The minimum atomic E-state index is -3.54. The van der Waals surface area contributed by atoms with Crippen molar-refractivity contribution in [1.82, 2.24) is 14.9 Å². The molecule has 1 heterocycles. The number of hydrogen-bond acceptors (Lipinski definition) is 4. The molecule has 2 rings (SSSR count). The number of hydrogen-bond donors (Lipinski definition) is 2. The van der Waals surface area contributed by atoms with Crippen LogP contribution in [-0.2, 0) is 10.0 Å². The van der Waals surface area contributed by atoms with E-state index in [0.717, 1.165) is 13.1 Å². The van der Waals surface area contributed by atoms with Crippen LogP contribution in [0.25, 0.3) is 0 Å². The maximum atomic E-state index is 12.2. The second-order valence-electron chi connectivity index (χ2n) is 5.54. The minimum absolute atomic E-state index is 0.0928. The Hall–Kier alpha value is -1.44. The predicted octanol–water partition coefficient (Wildman–Crippen LogP) is 0.809. The summed E-state index contributed by atoms with van der Waals surface area (Å²) in [7, 11) is -2.19. The fourth-order valence-corrected chi connectivity index (χ4v) is 3.35. The van der Waals surface area contributed by atoms with Crippen LogP contribution in [0.5, 0.6) is 0 Å². The number of benzene rings is 1. The Bertz CT molecular complexity index is 625. The van der Waals surface area contributed by atoms with Crippen LogP contribution >= 0.6 is 0 Å². The maximum absolute atomic E-state index is 12.2. The molecule has 1 saturated heterocycles. The number of nitrogens with one attached hydrogen (secondary N) is 2. The molecule has 1 fully saturated rings. The Kier molecular flexibility index (Phi) is 5.55. The summed E-state index contributed by atoms with van der Waals surface area (Å²) in [5, 5.41) is 2.88. The third kappa shape index (κ3) is 4.06. The number of nitrogens with zero attached hydrogens (tertiary/aromatic N) is 1. The molecule has 1 amide bonds. The lowest BCUT2D eigenvalue weighted by molar-refractivity contribution is 0.0940. The molecule has 0 aromatic heterocycles. The highest BCUT2D eigenvalue weighted by Crippen LogP contribution is 2.12. The summed E-state index contributed by atoms with van der Waals surface area (Å²) in [5.74, 6) is -0.251. The summed E-state index contributed by atoms with van der Waals surface area (Å²) in [6.07, 6.45) is 2.42. The van der Waals surface area contributed by atoms with Crippen LogP contribution in [-0.4, -0.2) is 51.9 Å². The standard InChI is InChI=1S/C15H23N3O3S/c1-12(18-8-3-4-9-18)11-17-15(19)13-6-5-7-14(10-13)22(20,21)16-2/h5-7,10,12,16H,3-4,8-9,11H2,1-2H3,(H,17,19)/t12-/m1/s1. The first kappa shape index (κ1) is 16.9. The normalized spacial score (nSPS) is 17.4. The molecule has 22 heavy (non-hydrogen) atoms. The van der Waals surface area contributed by atoms with Gasteiger partial charge in [0.1, 0.15) is 0 Å². The molecule has 0 bridgehead atoms. The smallest absolute Gasteiger partial charge is 0.251 e. The molecule has 6 nitrogen and oxygen atoms in total. The Morgan fingerprint density at radius 2 is 2.00 bits per heavy atom. The Labute approximate surface area is 131 Å². The monoisotopic (exact) mass is 325 g/mol. The van der Waals surface area contributed by atoms with Gasteiger partial charge >= 0.3 is 0 Å². The van der Waals surface area contributed by atoms with Crippen molar-refractivity contribution in [3.8, 4) is 0 Å². The van der Waals surface area contributed by atoms with Crippen LogP contribution in [0, 0.1) is 0 Å². The Morgan fingerprint density at radius 3 is 2.64 bits per heavy atom. The van der Waals surface area contributed by atoms with E-state index in [0.29, 0.717) is 12.1 Å². The van der Waals surface area contributed by atoms with Crippen LogP contribution in [0.1, 0.15) is 30.1 Å². The maximum Gasteiger partial charge on any atom is 0.251 e. The lowest BCUT2D eigenvalue weighted by atomic mass is 10.2. The molecule has 0 spiro atoms. The van der Waals surface area contributed by atoms with Gasteiger partial charge in [0, 0.05) is 18.2 Å². The van der Waals surface area contributed by atoms with Crippen LogP contribution in [0.3, 0.4) is 0 Å². The van der Waals surface area contributed by atoms with E-state index in [2.05, 4.69) is 21.9 Å². The fraction of sp³-hybridized carbons (Fsp3) is 0.533. The van der Waals surface area contributed by atoms with Gasteiger partial charge in [-0.1, -0.05) is 6.07 Å². The Balaban J connectivity index is 1.99. The summed E-state index contributed by atoms with van der Waals surface area (Å²) in [4.78, 5) is 14.6. The largest absolute Gasteiger partial charge is 0.350 e. The first-order chi connectivity index (χ1) is 10.4. The van der Waals surface area contributed by atoms with Gasteiger partial charge in [0.2, 0.25) is 10.0 Å². The van der Waals surface area contributed by atoms with Crippen molar-refractivity contribution in [2.24, 2.45) is 0 Å². The second-order valence-corrected chi connectivity index (χ2v) is 7.42. The third-order valence-electron chi connectivity index (χ3n) is 4.00. The number of carbonyl (C=O) groups excluding carboxylic acids is 1. The van der Waals surface area contributed by atoms with Gasteiger partial charge in [-0.05, 0) is 58.1 Å². The first-order valence-electron chi connectivity index (χ1n) is 7.50. The fourth-order valence-electron chi connectivity index (χ4n) is 2.58. The summed E-state index contributed by atoms with van der Waals surface area (Å²) >= 11 is 0. The molecule has 1 aliphatic rings. The number of amides is 1. The van der Waals surface area contributed by atoms with Crippen LogP contribution < -0.4 is 10.0 Å². The molecular weight excluding hydrogens is 302 g/mol. The zero-order valence-corrected chi connectivity index (χ0v) is 13.8. The summed E-state index contributed by atoms with van der Waals surface area (Å²) < 4.78 is 25.8. The van der Waals surface area contributed by atoms with E-state index in [4.69, 9.17) is 0 Å². The van der Waals surface area contributed by atoms with E-state index in [1.54, 1.807) is 12.1 Å². The number of rotatable bonds is 6. The van der Waals surface area contributed by atoms with E-state index >= 15 is 0 Å². The lowest BCUT2D eigenvalue weighted by Crippen LogP contribution is -2.40. The quantitative estimate of drug-likeness (QED) is 0.811. The van der Waals surface area contributed by atoms with E-state index in [1.165, 1.54) is 32.0 Å². The summed E-state index contributed by atoms with van der Waals surface area (Å²) in [6, 6.07) is 6.33. The highest BCUT2D eigenvalue weighted by molar-refractivity contribution is 7.89. The number of carbonyl (C=O) groups is 1. The van der Waals surface area contributed by atoms with Crippen molar-refractivity contribution in [3.63, 3.8) is 0 Å². The highest BCUT2D eigenvalue weighted by atomic mass is 32.2. The van der Waals surface area contributed by atoms with Gasteiger partial charge in [-0.25, -0.2) is 13.1 Å². The molecule has 122 valence electrons. The molecule has 7 heteroatoms. The molecule has 1 aromatic rings. The van der Waals surface area contributed by atoms with Crippen LogP contribution in [0.4, 0.5) is 0 Å². The van der Waals surface area contributed by atoms with E-state index in [9.17, 15) is 13.2 Å². The van der Waals surface area contributed by atoms with Crippen molar-refractivity contribution in [2.75, 3.05) is 26.7 Å². The molecule has 1 atom stereocenters. The van der Waals surface area contributed by atoms with Gasteiger partial charge in [-0.15, -0.1) is 0 Å². The van der Waals surface area contributed by atoms with Gasteiger partial charge in [0.15, 0.2) is 0 Å². The minimum Gasteiger partial charge on any atom is -0.350 e. The summed E-state index contributed by atoms with van der Waals surface area (Å²) in [6.45, 7) is 4.80. The van der Waals surface area contributed by atoms with Gasteiger partial charge < -0.3 is 5.32 Å². The molecule has 2 N–H and O–H groups in total. The zero-order chi connectivity index (χ0) is 16.2. The van der Waals surface area contributed by atoms with Crippen molar-refractivity contribution >= 4 is 15.9 Å². The van der Waals surface area contributed by atoms with E-state index < -0.39 is 10.0 Å². The number of sulfonamides is 1. The van der Waals surface area contributed by atoms with Crippen molar-refractivity contribution < 1.29 is 13.2 Å². The van der Waals surface area contributed by atoms with Crippen molar-refractivity contribution in [1.29, 1.82) is 0 Å². The molecule has 1 aliphatic heterocycles. The Morgan fingerprint density at radius 1 is 1.32 bits per heavy atom. The van der Waals surface area contributed by atoms with Crippen LogP contribution in [0.2, 0.25) is 0 Å². The summed E-state index contributed by atoms with van der Waals surface area (Å²) in [5.41, 5.74) is 0.352. The average Bonchev–Trinajstić information content (AvgIpc) is 3.07. The molecule has 0 aliphatic carbocycles. The SMILES string of the molecule is CNS(=O)(=O)c1cccc(C(=O)NC[C@@H](C)N2CCCC2)c1. The molecule has 0 unspecified atom stereocenters. The second kappa shape index (κ2) is 7.21. The predicted molar refractivity (Wildman–Crippen MR) is 85.3 cm³/mol. The van der Waals surface area contributed by atoms with E-state index in [-0.39, 0.29) is 16.8 Å². The van der Waals surface area contributed by atoms with E-state index in [1.807, 2.05) is 0 Å². The first-order valence-corrected chi connectivity index (χ1v) is 8.98. The van der Waals surface area contributed by atoms with Gasteiger partial charge in [0.05, 0.1) is 4.90 Å². The topological polar surface area (TPSA) is 78.5 Å². The molecule has 1 aromatic carbocycles. The highest BCUT2D eigenvalue weighted by Gasteiger charge is 2.19. The number of likely N-dealkylation sites (tertiary alicyclic amines) is 1. The lowest BCUT2D eigenvalue weighted by Gasteiger charge is -2.23.